The topological polar surface area (TPSA) is 90.2 Å². The second-order valence-electron chi connectivity index (χ2n) is 7.98. The average Bonchev–Trinajstić information content (AvgIpc) is 3.29. The van der Waals surface area contributed by atoms with Crippen molar-refractivity contribution in [2.75, 3.05) is 20.1 Å². The van der Waals surface area contributed by atoms with E-state index < -0.39 is 0 Å². The molecule has 3 heterocycles. The van der Waals surface area contributed by atoms with Crippen LogP contribution in [-0.4, -0.2) is 45.7 Å². The van der Waals surface area contributed by atoms with E-state index in [1.165, 1.54) is 0 Å². The van der Waals surface area contributed by atoms with Crippen LogP contribution in [0.25, 0.3) is 22.5 Å². The maximum absolute atomic E-state index is 13.2. The van der Waals surface area contributed by atoms with Gasteiger partial charge in [0, 0.05) is 19.6 Å². The van der Waals surface area contributed by atoms with Crippen molar-refractivity contribution in [3.05, 3.63) is 36.2 Å². The van der Waals surface area contributed by atoms with E-state index in [9.17, 15) is 4.79 Å². The number of nitrogens with zero attached hydrogens (tertiary/aromatic N) is 4. The Morgan fingerprint density at radius 3 is 2.59 bits per heavy atom. The fourth-order valence-corrected chi connectivity index (χ4v) is 3.11. The predicted octanol–water partition coefficient (Wildman–Crippen LogP) is 4.17. The van der Waals surface area contributed by atoms with Gasteiger partial charge in [0.1, 0.15) is 5.69 Å². The molecule has 0 bridgehead atoms. The molecular weight excluding hydrogens is 413 g/mol. The van der Waals surface area contributed by atoms with Crippen molar-refractivity contribution in [2.24, 2.45) is 11.1 Å². The van der Waals surface area contributed by atoms with Crippen molar-refractivity contribution in [1.82, 2.24) is 19.7 Å². The van der Waals surface area contributed by atoms with Gasteiger partial charge in [-0.05, 0) is 44.0 Å². The van der Waals surface area contributed by atoms with Crippen molar-refractivity contribution in [3.8, 4) is 11.5 Å². The van der Waals surface area contributed by atoms with Gasteiger partial charge in [-0.1, -0.05) is 13.8 Å². The molecule has 0 fully saturated rings. The van der Waals surface area contributed by atoms with Crippen LogP contribution in [0.1, 0.15) is 44.1 Å². The zero-order chi connectivity index (χ0) is 19.8. The van der Waals surface area contributed by atoms with E-state index in [2.05, 4.69) is 5.10 Å². The van der Waals surface area contributed by atoms with Crippen LogP contribution in [-0.2, 0) is 0 Å². The molecule has 0 aliphatic carbocycles. The Bertz CT molecular complexity index is 951. The normalized spacial score (nSPS) is 11.3. The average molecular weight is 442 g/mol. The van der Waals surface area contributed by atoms with E-state index in [-0.39, 0.29) is 42.2 Å². The van der Waals surface area contributed by atoms with Crippen molar-refractivity contribution in [3.63, 3.8) is 0 Å². The van der Waals surface area contributed by atoms with Gasteiger partial charge in [-0.3, -0.25) is 4.79 Å². The van der Waals surface area contributed by atoms with E-state index in [4.69, 9.17) is 15.1 Å². The number of hydrogen-bond donors (Lipinski definition) is 1. The summed E-state index contributed by atoms with van der Waals surface area (Å²) in [6.45, 7) is 9.21. The molecule has 160 valence electrons. The first-order valence-corrected chi connectivity index (χ1v) is 9.11. The Balaban J connectivity index is 0.00000210. The molecule has 3 aromatic heterocycles. The first kappa shape index (κ1) is 24.9. The van der Waals surface area contributed by atoms with Crippen LogP contribution in [0.3, 0.4) is 0 Å². The summed E-state index contributed by atoms with van der Waals surface area (Å²) < 4.78 is 7.33. The highest BCUT2D eigenvalue weighted by Crippen LogP contribution is 2.28. The molecule has 0 atom stereocenters. The van der Waals surface area contributed by atoms with E-state index in [1.807, 2.05) is 38.4 Å². The molecule has 0 aliphatic heterocycles. The van der Waals surface area contributed by atoms with Gasteiger partial charge < -0.3 is 15.1 Å². The van der Waals surface area contributed by atoms with Gasteiger partial charge in [0.05, 0.1) is 23.4 Å². The molecule has 0 spiro atoms. The van der Waals surface area contributed by atoms with Crippen LogP contribution < -0.4 is 5.73 Å². The summed E-state index contributed by atoms with van der Waals surface area (Å²) >= 11 is 0. The summed E-state index contributed by atoms with van der Waals surface area (Å²) in [6.07, 6.45) is 3.31. The third-order valence-corrected chi connectivity index (χ3v) is 4.62. The molecule has 0 aliphatic rings. The third kappa shape index (κ3) is 5.10. The molecule has 0 unspecified atom stereocenters. The molecule has 3 rings (SSSR count). The number of fused-ring (bicyclic) bond motifs is 1. The summed E-state index contributed by atoms with van der Waals surface area (Å²) in [5.41, 5.74) is 7.52. The lowest BCUT2D eigenvalue weighted by molar-refractivity contribution is 0.0742. The fraction of sp³-hybridized carbons (Fsp3) is 0.450. The van der Waals surface area contributed by atoms with Crippen LogP contribution >= 0.6 is 24.8 Å². The van der Waals surface area contributed by atoms with Crippen LogP contribution in [0.4, 0.5) is 0 Å². The number of nitrogens with two attached hydrogens (primary N) is 1. The van der Waals surface area contributed by atoms with Gasteiger partial charge in [-0.2, -0.15) is 5.10 Å². The largest absolute Gasteiger partial charge is 0.463 e. The summed E-state index contributed by atoms with van der Waals surface area (Å²) in [5, 5.41) is 5.18. The standard InChI is InChI=1S/C20H27N5O2.2ClH/c1-13(2)25-18-15(10-22-25)14(9-16(23-18)17-7-6-8-27-17)19(26)24(5)12-20(3,4)11-21;;/h6-10,13H,11-12,21H2,1-5H3;2*1H. The molecule has 0 radical (unpaired) electrons. The Hall–Kier alpha value is -2.09. The van der Waals surface area contributed by atoms with Gasteiger partial charge in [0.2, 0.25) is 0 Å². The second kappa shape index (κ2) is 9.61. The third-order valence-electron chi connectivity index (χ3n) is 4.62. The summed E-state index contributed by atoms with van der Waals surface area (Å²) in [5.74, 6) is 0.535. The number of aromatic nitrogens is 3. The summed E-state index contributed by atoms with van der Waals surface area (Å²) in [4.78, 5) is 19.7. The number of carbonyl (C=O) groups is 1. The second-order valence-corrected chi connectivity index (χ2v) is 7.98. The number of rotatable bonds is 6. The van der Waals surface area contributed by atoms with Gasteiger partial charge >= 0.3 is 0 Å². The minimum atomic E-state index is -0.164. The monoisotopic (exact) mass is 441 g/mol. The molecule has 3 aromatic rings. The molecule has 7 nitrogen and oxygen atoms in total. The highest BCUT2D eigenvalue weighted by molar-refractivity contribution is 6.06. The zero-order valence-electron chi connectivity index (χ0n) is 17.4. The predicted molar refractivity (Wildman–Crippen MR) is 120 cm³/mol. The van der Waals surface area contributed by atoms with E-state index in [0.717, 1.165) is 5.39 Å². The number of carbonyl (C=O) groups excluding carboxylic acids is 1. The quantitative estimate of drug-likeness (QED) is 0.619. The van der Waals surface area contributed by atoms with Gasteiger partial charge in [-0.25, -0.2) is 9.67 Å². The lowest BCUT2D eigenvalue weighted by Gasteiger charge is -2.29. The number of pyridine rings is 1. The van der Waals surface area contributed by atoms with Gasteiger partial charge in [0.15, 0.2) is 11.4 Å². The fourth-order valence-electron chi connectivity index (χ4n) is 3.11. The first-order valence-electron chi connectivity index (χ1n) is 9.11. The Kier molecular flexibility index (Phi) is 8.26. The molecule has 29 heavy (non-hydrogen) atoms. The van der Waals surface area contributed by atoms with Crippen LogP contribution in [0.2, 0.25) is 0 Å². The molecule has 0 saturated heterocycles. The lowest BCUT2D eigenvalue weighted by atomic mass is 9.93. The maximum Gasteiger partial charge on any atom is 0.254 e. The van der Waals surface area contributed by atoms with Crippen molar-refractivity contribution < 1.29 is 9.21 Å². The van der Waals surface area contributed by atoms with E-state index in [1.54, 1.807) is 36.5 Å². The lowest BCUT2D eigenvalue weighted by Crippen LogP contribution is -2.39. The molecule has 2 N–H and O–H groups in total. The van der Waals surface area contributed by atoms with E-state index in [0.29, 0.717) is 35.8 Å². The summed E-state index contributed by atoms with van der Waals surface area (Å²) in [6, 6.07) is 5.54. The number of hydrogen-bond acceptors (Lipinski definition) is 5. The van der Waals surface area contributed by atoms with Crippen LogP contribution in [0.15, 0.2) is 35.1 Å². The van der Waals surface area contributed by atoms with Gasteiger partial charge in [-0.15, -0.1) is 24.8 Å². The molecule has 1 amide bonds. The molecule has 0 saturated carbocycles. The van der Waals surface area contributed by atoms with Crippen LogP contribution in [0, 0.1) is 5.41 Å². The SMILES string of the molecule is CC(C)n1ncc2c(C(=O)N(C)CC(C)(C)CN)cc(-c3ccco3)nc21.Cl.Cl. The Labute approximate surface area is 183 Å². The number of furan rings is 1. The Morgan fingerprint density at radius 1 is 1.34 bits per heavy atom. The van der Waals surface area contributed by atoms with Gasteiger partial charge in [0.25, 0.3) is 5.91 Å². The summed E-state index contributed by atoms with van der Waals surface area (Å²) in [7, 11) is 1.80. The van der Waals surface area contributed by atoms with E-state index >= 15 is 0 Å². The Morgan fingerprint density at radius 2 is 2.03 bits per heavy atom. The highest BCUT2D eigenvalue weighted by Gasteiger charge is 2.25. The number of halogens is 2. The van der Waals surface area contributed by atoms with Crippen LogP contribution in [0.5, 0.6) is 0 Å². The van der Waals surface area contributed by atoms with Crippen molar-refractivity contribution in [1.29, 1.82) is 0 Å². The zero-order valence-corrected chi connectivity index (χ0v) is 19.0. The molecular formula is C20H29Cl2N5O2. The highest BCUT2D eigenvalue weighted by atomic mass is 35.5. The minimum Gasteiger partial charge on any atom is -0.463 e. The minimum absolute atomic E-state index is 0. The van der Waals surface area contributed by atoms with Crippen molar-refractivity contribution in [2.45, 2.75) is 33.7 Å². The van der Waals surface area contributed by atoms with Crippen molar-refractivity contribution >= 4 is 41.8 Å². The number of amides is 1. The molecule has 9 heteroatoms. The maximum atomic E-state index is 13.2. The molecule has 0 aromatic carbocycles. The first-order chi connectivity index (χ1) is 12.7. The smallest absolute Gasteiger partial charge is 0.254 e.